The second kappa shape index (κ2) is 6.54. The van der Waals surface area contributed by atoms with E-state index in [1.54, 1.807) is 6.20 Å². The van der Waals surface area contributed by atoms with Gasteiger partial charge in [0.25, 0.3) is 0 Å². The van der Waals surface area contributed by atoms with Crippen molar-refractivity contribution in [2.45, 2.75) is 52.2 Å². The van der Waals surface area contributed by atoms with Crippen LogP contribution in [0.4, 0.5) is 0 Å². The normalized spacial score (nSPS) is 14.5. The van der Waals surface area contributed by atoms with Crippen LogP contribution >= 0.6 is 0 Å². The number of rotatable bonds is 7. The highest BCUT2D eigenvalue weighted by atomic mass is 16.5. The zero-order valence-corrected chi connectivity index (χ0v) is 11.6. The van der Waals surface area contributed by atoms with Gasteiger partial charge in [-0.15, -0.1) is 0 Å². The van der Waals surface area contributed by atoms with Crippen LogP contribution in [0.1, 0.15) is 34.1 Å². The summed E-state index contributed by atoms with van der Waals surface area (Å²) < 4.78 is 6.97. The number of aryl methyl sites for hydroxylation is 1. The van der Waals surface area contributed by atoms with Gasteiger partial charge in [0.1, 0.15) is 5.54 Å². The van der Waals surface area contributed by atoms with Crippen LogP contribution in [-0.2, 0) is 16.1 Å². The summed E-state index contributed by atoms with van der Waals surface area (Å²) in [5, 5.41) is 7.43. The molecule has 0 aromatic carbocycles. The highest BCUT2D eigenvalue weighted by Gasteiger charge is 2.34. The molecule has 1 atom stereocenters. The average Bonchev–Trinajstić information content (AvgIpc) is 2.78. The Kier molecular flexibility index (Phi) is 5.34. The molecule has 0 aliphatic carbocycles. The lowest BCUT2D eigenvalue weighted by atomic mass is 9.96. The van der Waals surface area contributed by atoms with Crippen LogP contribution < -0.4 is 5.32 Å². The topological polar surface area (TPSA) is 56.2 Å². The molecule has 1 aromatic rings. The monoisotopic (exact) mass is 253 g/mol. The van der Waals surface area contributed by atoms with E-state index in [4.69, 9.17) is 4.74 Å². The van der Waals surface area contributed by atoms with Gasteiger partial charge < -0.3 is 4.74 Å². The third-order valence-corrected chi connectivity index (χ3v) is 2.73. The predicted molar refractivity (Wildman–Crippen MR) is 70.2 cm³/mol. The number of carbonyl (C=O) groups is 1. The van der Waals surface area contributed by atoms with Gasteiger partial charge in [0.05, 0.1) is 6.61 Å². The molecule has 0 spiro atoms. The fourth-order valence-corrected chi connectivity index (χ4v) is 1.93. The van der Waals surface area contributed by atoms with Crippen molar-refractivity contribution in [2.75, 3.05) is 6.61 Å². The van der Waals surface area contributed by atoms with Crippen molar-refractivity contribution in [3.8, 4) is 0 Å². The minimum absolute atomic E-state index is 0.203. The molecule has 5 heteroatoms. The number of ether oxygens (including phenoxy) is 1. The highest BCUT2D eigenvalue weighted by Crippen LogP contribution is 2.15. The summed E-state index contributed by atoms with van der Waals surface area (Å²) in [4.78, 5) is 12.0. The summed E-state index contributed by atoms with van der Waals surface area (Å²) >= 11 is 0. The molecule has 0 bridgehead atoms. The van der Waals surface area contributed by atoms with Crippen LogP contribution in [-0.4, -0.2) is 33.9 Å². The number of hydrogen-bond donors (Lipinski definition) is 1. The maximum Gasteiger partial charge on any atom is 0.326 e. The van der Waals surface area contributed by atoms with Crippen molar-refractivity contribution in [2.24, 2.45) is 0 Å². The van der Waals surface area contributed by atoms with E-state index in [0.717, 1.165) is 0 Å². The average molecular weight is 253 g/mol. The molecule has 0 saturated carbocycles. The maximum absolute atomic E-state index is 12.0. The Morgan fingerprint density at radius 2 is 2.28 bits per heavy atom. The lowest BCUT2D eigenvalue weighted by molar-refractivity contribution is -0.151. The molecule has 1 unspecified atom stereocenters. The molecule has 18 heavy (non-hydrogen) atoms. The standard InChI is InChI=1S/C13H23N3O2/c1-5-18-12(17)13(4,15-11(2)3)7-10-16-9-6-8-14-16/h6,8-9,11,15H,5,7,10H2,1-4H3. The molecule has 1 rings (SSSR count). The summed E-state index contributed by atoms with van der Waals surface area (Å²) in [6.07, 6.45) is 4.27. The molecule has 1 aromatic heterocycles. The Balaban J connectivity index is 2.67. The fraction of sp³-hybridized carbons (Fsp3) is 0.692. The van der Waals surface area contributed by atoms with Gasteiger partial charge in [0, 0.05) is 25.0 Å². The molecule has 1 N–H and O–H groups in total. The SMILES string of the molecule is CCOC(=O)C(C)(CCn1cccn1)NC(C)C. The van der Waals surface area contributed by atoms with Crippen molar-refractivity contribution in [3.63, 3.8) is 0 Å². The van der Waals surface area contributed by atoms with Crippen LogP contribution in [0.2, 0.25) is 0 Å². The smallest absolute Gasteiger partial charge is 0.326 e. The molecule has 102 valence electrons. The Morgan fingerprint density at radius 3 is 2.78 bits per heavy atom. The Bertz CT molecular complexity index is 362. The first-order valence-electron chi connectivity index (χ1n) is 6.40. The zero-order valence-electron chi connectivity index (χ0n) is 11.6. The van der Waals surface area contributed by atoms with Gasteiger partial charge >= 0.3 is 5.97 Å². The summed E-state index contributed by atoms with van der Waals surface area (Å²) in [5.41, 5.74) is -0.671. The van der Waals surface area contributed by atoms with Gasteiger partial charge in [-0.2, -0.15) is 5.10 Å². The van der Waals surface area contributed by atoms with Crippen molar-refractivity contribution in [3.05, 3.63) is 18.5 Å². The first kappa shape index (κ1) is 14.7. The van der Waals surface area contributed by atoms with E-state index in [1.807, 2.05) is 44.6 Å². The number of aromatic nitrogens is 2. The van der Waals surface area contributed by atoms with E-state index in [0.29, 0.717) is 19.6 Å². The van der Waals surface area contributed by atoms with Crippen LogP contribution in [0.25, 0.3) is 0 Å². The van der Waals surface area contributed by atoms with Gasteiger partial charge in [-0.05, 0) is 40.2 Å². The van der Waals surface area contributed by atoms with Crippen molar-refractivity contribution >= 4 is 5.97 Å². The lowest BCUT2D eigenvalue weighted by Gasteiger charge is -2.30. The summed E-state index contributed by atoms with van der Waals surface area (Å²) in [6, 6.07) is 2.09. The van der Waals surface area contributed by atoms with Gasteiger partial charge in [-0.3, -0.25) is 14.8 Å². The van der Waals surface area contributed by atoms with E-state index in [9.17, 15) is 4.79 Å². The molecule has 5 nitrogen and oxygen atoms in total. The van der Waals surface area contributed by atoms with E-state index in [2.05, 4.69) is 10.4 Å². The van der Waals surface area contributed by atoms with Crippen molar-refractivity contribution < 1.29 is 9.53 Å². The zero-order chi connectivity index (χ0) is 13.6. The third kappa shape index (κ3) is 4.14. The molecule has 0 fully saturated rings. The first-order valence-corrected chi connectivity index (χ1v) is 6.40. The molecule has 0 aliphatic rings. The van der Waals surface area contributed by atoms with E-state index >= 15 is 0 Å². The third-order valence-electron chi connectivity index (χ3n) is 2.73. The first-order chi connectivity index (χ1) is 8.48. The van der Waals surface area contributed by atoms with Gasteiger partial charge in [0.2, 0.25) is 0 Å². The van der Waals surface area contributed by atoms with Gasteiger partial charge in [0.15, 0.2) is 0 Å². The van der Waals surface area contributed by atoms with Crippen LogP contribution in [0.5, 0.6) is 0 Å². The predicted octanol–water partition coefficient (Wildman–Crippen LogP) is 1.59. The molecule has 0 saturated heterocycles. The Morgan fingerprint density at radius 1 is 1.56 bits per heavy atom. The summed E-state index contributed by atoms with van der Waals surface area (Å²) in [6.45, 7) is 8.82. The Hall–Kier alpha value is -1.36. The number of nitrogens with zero attached hydrogens (tertiary/aromatic N) is 2. The number of esters is 1. The summed E-state index contributed by atoms with van der Waals surface area (Å²) in [7, 11) is 0. The number of hydrogen-bond acceptors (Lipinski definition) is 4. The quantitative estimate of drug-likeness (QED) is 0.750. The van der Waals surface area contributed by atoms with E-state index in [1.165, 1.54) is 0 Å². The van der Waals surface area contributed by atoms with Gasteiger partial charge in [-0.25, -0.2) is 0 Å². The second-order valence-corrected chi connectivity index (χ2v) is 4.87. The second-order valence-electron chi connectivity index (χ2n) is 4.87. The molecule has 0 aliphatic heterocycles. The molecular formula is C13H23N3O2. The summed E-state index contributed by atoms with van der Waals surface area (Å²) in [5.74, 6) is -0.203. The highest BCUT2D eigenvalue weighted by molar-refractivity contribution is 5.80. The maximum atomic E-state index is 12.0. The van der Waals surface area contributed by atoms with Crippen LogP contribution in [0, 0.1) is 0 Å². The van der Waals surface area contributed by atoms with Gasteiger partial charge in [-0.1, -0.05) is 0 Å². The Labute approximate surface area is 109 Å². The molecule has 1 heterocycles. The molecule has 0 amide bonds. The van der Waals surface area contributed by atoms with Crippen LogP contribution in [0.3, 0.4) is 0 Å². The van der Waals surface area contributed by atoms with Crippen molar-refractivity contribution in [1.29, 1.82) is 0 Å². The van der Waals surface area contributed by atoms with E-state index in [-0.39, 0.29) is 12.0 Å². The van der Waals surface area contributed by atoms with E-state index < -0.39 is 5.54 Å². The number of nitrogens with one attached hydrogen (secondary N) is 1. The minimum atomic E-state index is -0.671. The number of carbonyl (C=O) groups excluding carboxylic acids is 1. The molecule has 0 radical (unpaired) electrons. The van der Waals surface area contributed by atoms with Crippen LogP contribution in [0.15, 0.2) is 18.5 Å². The minimum Gasteiger partial charge on any atom is -0.465 e. The largest absolute Gasteiger partial charge is 0.465 e. The fourth-order valence-electron chi connectivity index (χ4n) is 1.93. The molecular weight excluding hydrogens is 230 g/mol. The van der Waals surface area contributed by atoms with Crippen molar-refractivity contribution in [1.82, 2.24) is 15.1 Å². The lowest BCUT2D eigenvalue weighted by Crippen LogP contribution is -2.53.